The van der Waals surface area contributed by atoms with E-state index in [0.29, 0.717) is 36.3 Å². The summed E-state index contributed by atoms with van der Waals surface area (Å²) in [6.07, 6.45) is 1.63. The van der Waals surface area contributed by atoms with Crippen molar-refractivity contribution in [2.24, 2.45) is 0 Å². The molecule has 3 aliphatic heterocycles. The van der Waals surface area contributed by atoms with E-state index in [2.05, 4.69) is 0 Å². The lowest BCUT2D eigenvalue weighted by Crippen LogP contribution is -2.68. The first-order valence-corrected chi connectivity index (χ1v) is 15.5. The molecular weight excluding hydrogens is 599 g/mol. The van der Waals surface area contributed by atoms with Crippen LogP contribution in [0.15, 0.2) is 59.4 Å². The van der Waals surface area contributed by atoms with E-state index in [1.807, 2.05) is 18.7 Å². The number of rotatable bonds is 6. The molecule has 0 bridgehead atoms. The first kappa shape index (κ1) is 29.2. The predicted octanol–water partition coefficient (Wildman–Crippen LogP) is 3.84. The highest BCUT2D eigenvalue weighted by molar-refractivity contribution is 7.89. The molecule has 214 valence electrons. The van der Waals surface area contributed by atoms with E-state index in [9.17, 15) is 18.0 Å². The van der Waals surface area contributed by atoms with Gasteiger partial charge in [0.2, 0.25) is 11.8 Å². The van der Waals surface area contributed by atoms with E-state index in [4.69, 9.17) is 39.5 Å². The van der Waals surface area contributed by atoms with E-state index in [0.717, 1.165) is 5.56 Å². The predicted molar refractivity (Wildman–Crippen MR) is 152 cm³/mol. The van der Waals surface area contributed by atoms with Crippen molar-refractivity contribution < 1.29 is 22.7 Å². The van der Waals surface area contributed by atoms with Gasteiger partial charge in [-0.05, 0) is 49.7 Å². The Bertz CT molecular complexity index is 1440. The number of morpholine rings is 1. The fourth-order valence-corrected chi connectivity index (χ4v) is 7.57. The molecule has 5 rings (SSSR count). The zero-order valence-electron chi connectivity index (χ0n) is 22.0. The summed E-state index contributed by atoms with van der Waals surface area (Å²) in [5.74, 6) is -0.531. The second kappa shape index (κ2) is 11.5. The van der Waals surface area contributed by atoms with Crippen molar-refractivity contribution in [3.63, 3.8) is 0 Å². The highest BCUT2D eigenvalue weighted by atomic mass is 35.5. The van der Waals surface area contributed by atoms with Gasteiger partial charge in [0, 0.05) is 41.8 Å². The number of fused-ring (bicyclic) bond motifs is 1. The largest absolute Gasteiger partial charge is 0.379 e. The van der Waals surface area contributed by atoms with Crippen LogP contribution in [0.5, 0.6) is 0 Å². The summed E-state index contributed by atoms with van der Waals surface area (Å²) in [6, 6.07) is 9.11. The van der Waals surface area contributed by atoms with Gasteiger partial charge in [-0.15, -0.1) is 0 Å². The molecule has 2 aromatic carbocycles. The van der Waals surface area contributed by atoms with E-state index < -0.39 is 22.1 Å². The third kappa shape index (κ3) is 5.45. The molecule has 3 aliphatic rings. The molecule has 13 heteroatoms. The number of hydrogen-bond acceptors (Lipinski definition) is 6. The molecule has 0 saturated carbocycles. The van der Waals surface area contributed by atoms with Crippen LogP contribution in [-0.2, 0) is 30.8 Å². The van der Waals surface area contributed by atoms with Gasteiger partial charge in [-0.1, -0.05) is 46.9 Å². The van der Waals surface area contributed by atoms with E-state index >= 15 is 0 Å². The van der Waals surface area contributed by atoms with Crippen LogP contribution in [0.1, 0.15) is 19.4 Å². The van der Waals surface area contributed by atoms with Crippen LogP contribution in [0.25, 0.3) is 0 Å². The highest BCUT2D eigenvalue weighted by Gasteiger charge is 2.51. The van der Waals surface area contributed by atoms with Gasteiger partial charge in [0.25, 0.3) is 10.0 Å². The monoisotopic (exact) mass is 626 g/mol. The molecule has 0 spiro atoms. The van der Waals surface area contributed by atoms with Crippen LogP contribution < -0.4 is 0 Å². The molecule has 3 heterocycles. The van der Waals surface area contributed by atoms with Gasteiger partial charge in [-0.2, -0.15) is 0 Å². The minimum Gasteiger partial charge on any atom is -0.379 e. The number of nitrogens with zero attached hydrogens (tertiary/aromatic N) is 4. The lowest BCUT2D eigenvalue weighted by atomic mass is 9.98. The van der Waals surface area contributed by atoms with E-state index in [-0.39, 0.29) is 46.6 Å². The average molecular weight is 628 g/mol. The molecule has 2 aromatic rings. The molecule has 40 heavy (non-hydrogen) atoms. The van der Waals surface area contributed by atoms with E-state index in [1.165, 1.54) is 38.5 Å². The van der Waals surface area contributed by atoms with Crippen molar-refractivity contribution in [1.82, 2.24) is 19.0 Å². The molecule has 2 amide bonds. The molecule has 0 aliphatic carbocycles. The number of halogens is 3. The van der Waals surface area contributed by atoms with Gasteiger partial charge in [0.1, 0.15) is 22.8 Å². The molecule has 2 unspecified atom stereocenters. The quantitative estimate of drug-likeness (QED) is 0.484. The lowest BCUT2D eigenvalue weighted by Gasteiger charge is -2.51. The second-order valence-corrected chi connectivity index (χ2v) is 13.3. The summed E-state index contributed by atoms with van der Waals surface area (Å²) >= 11 is 18.5. The van der Waals surface area contributed by atoms with Gasteiger partial charge in [0.05, 0.1) is 24.8 Å². The molecule has 9 nitrogen and oxygen atoms in total. The number of benzene rings is 2. The van der Waals surface area contributed by atoms with Crippen LogP contribution in [0.4, 0.5) is 0 Å². The fourth-order valence-electron chi connectivity index (χ4n) is 5.24. The molecule has 0 radical (unpaired) electrons. The first-order chi connectivity index (χ1) is 19.0. The third-order valence-electron chi connectivity index (χ3n) is 7.32. The van der Waals surface area contributed by atoms with Crippen LogP contribution in [0, 0.1) is 0 Å². The van der Waals surface area contributed by atoms with Crippen molar-refractivity contribution in [2.75, 3.05) is 32.8 Å². The Morgan fingerprint density at radius 1 is 0.950 bits per heavy atom. The Morgan fingerprint density at radius 3 is 2.23 bits per heavy atom. The second-order valence-electron chi connectivity index (χ2n) is 10.2. The van der Waals surface area contributed by atoms with E-state index in [1.54, 1.807) is 24.3 Å². The molecule has 2 fully saturated rings. The maximum absolute atomic E-state index is 14.2. The Kier molecular flexibility index (Phi) is 8.39. The minimum absolute atomic E-state index is 0.0372. The SMILES string of the molecule is CC(C)N1C=C2N(C(=O)C(N3CCOCC3)CN2S(=O)(=O)c2ccc(Cl)cc2Cl)C(Cc2ccc(Cl)cc2)C1=O. The topological polar surface area (TPSA) is 90.5 Å². The molecule has 0 N–H and O–H groups in total. The number of carbonyl (C=O) groups is 2. The summed E-state index contributed by atoms with van der Waals surface area (Å²) < 4.78 is 35.1. The Hall–Kier alpha value is -2.34. The number of carbonyl (C=O) groups excluding carboxylic acids is 2. The zero-order valence-corrected chi connectivity index (χ0v) is 25.1. The summed E-state index contributed by atoms with van der Waals surface area (Å²) in [4.78, 5) is 32.7. The van der Waals surface area contributed by atoms with Crippen molar-refractivity contribution in [3.8, 4) is 0 Å². The Balaban J connectivity index is 1.66. The molecule has 2 saturated heterocycles. The van der Waals surface area contributed by atoms with Crippen molar-refractivity contribution in [2.45, 2.75) is 43.3 Å². The van der Waals surface area contributed by atoms with Crippen LogP contribution in [0.2, 0.25) is 15.1 Å². The van der Waals surface area contributed by atoms with Crippen molar-refractivity contribution >= 4 is 56.6 Å². The maximum Gasteiger partial charge on any atom is 0.267 e. The minimum atomic E-state index is -4.28. The molecule has 0 aromatic heterocycles. The van der Waals surface area contributed by atoms with Gasteiger partial charge < -0.3 is 9.64 Å². The summed E-state index contributed by atoms with van der Waals surface area (Å²) in [5.41, 5.74) is 0.782. The standard InChI is InChI=1S/C27H29Cl3N4O5S/c1-17(2)32-16-25-33(40(37,38)24-8-7-20(29)14-21(24)30)15-23(31-9-11-39-12-10-31)27(36)34(25)22(26(32)35)13-18-3-5-19(28)6-4-18/h3-8,14,16-17,22-23H,9-13,15H2,1-2H3. The molecular formula is C27H29Cl3N4O5S. The van der Waals surface area contributed by atoms with Gasteiger partial charge >= 0.3 is 0 Å². The summed E-state index contributed by atoms with van der Waals surface area (Å²) in [5, 5.41) is 0.800. The number of ether oxygens (including phenoxy) is 1. The molecule has 2 atom stereocenters. The van der Waals surface area contributed by atoms with Gasteiger partial charge in [-0.3, -0.25) is 19.4 Å². The van der Waals surface area contributed by atoms with Gasteiger partial charge in [0.15, 0.2) is 0 Å². The average Bonchev–Trinajstić information content (AvgIpc) is 2.91. The third-order valence-corrected chi connectivity index (χ3v) is 10.1. The Morgan fingerprint density at radius 2 is 1.60 bits per heavy atom. The first-order valence-electron chi connectivity index (χ1n) is 12.9. The number of amides is 2. The summed E-state index contributed by atoms with van der Waals surface area (Å²) in [7, 11) is -4.28. The maximum atomic E-state index is 14.2. The van der Waals surface area contributed by atoms with Crippen molar-refractivity contribution in [3.05, 3.63) is 75.1 Å². The van der Waals surface area contributed by atoms with Crippen LogP contribution in [-0.4, -0.2) is 90.2 Å². The zero-order chi connectivity index (χ0) is 28.8. The normalized spacial score (nSPS) is 22.6. The smallest absolute Gasteiger partial charge is 0.267 e. The number of hydrogen-bond donors (Lipinski definition) is 0. The highest BCUT2D eigenvalue weighted by Crippen LogP contribution is 2.37. The number of sulfonamides is 1. The van der Waals surface area contributed by atoms with Crippen molar-refractivity contribution in [1.29, 1.82) is 0 Å². The summed E-state index contributed by atoms with van der Waals surface area (Å²) in [6.45, 7) is 5.25. The lowest BCUT2D eigenvalue weighted by molar-refractivity contribution is -0.154. The fraction of sp³-hybridized carbons (Fsp3) is 0.407. The van der Waals surface area contributed by atoms with Crippen LogP contribution in [0.3, 0.4) is 0 Å². The van der Waals surface area contributed by atoms with Gasteiger partial charge in [-0.25, -0.2) is 12.7 Å². The van der Waals surface area contributed by atoms with Crippen LogP contribution >= 0.6 is 34.8 Å². The Labute approximate surface area is 248 Å².